The monoisotopic (exact) mass is 274 g/mol. The van der Waals surface area contributed by atoms with E-state index in [9.17, 15) is 0 Å². The molecule has 0 saturated heterocycles. The molecule has 0 aliphatic carbocycles. The van der Waals surface area contributed by atoms with E-state index in [1.165, 1.54) is 16.3 Å². The van der Waals surface area contributed by atoms with Crippen LogP contribution in [0.3, 0.4) is 0 Å². The van der Waals surface area contributed by atoms with E-state index in [2.05, 4.69) is 61.2 Å². The van der Waals surface area contributed by atoms with Crippen LogP contribution < -0.4 is 4.74 Å². The maximum absolute atomic E-state index is 5.19. The second kappa shape index (κ2) is 5.84. The molecule has 0 N–H and O–H groups in total. The molecule has 0 aromatic heterocycles. The number of benzene rings is 3. The average Bonchev–Trinajstić information content (AvgIpc) is 2.55. The summed E-state index contributed by atoms with van der Waals surface area (Å²) in [6.07, 6.45) is 0.858. The van der Waals surface area contributed by atoms with Crippen molar-refractivity contribution in [3.05, 3.63) is 84.4 Å². The summed E-state index contributed by atoms with van der Waals surface area (Å²) >= 11 is 0. The van der Waals surface area contributed by atoms with Crippen LogP contribution in [0.1, 0.15) is 11.1 Å². The van der Waals surface area contributed by atoms with Gasteiger partial charge < -0.3 is 4.74 Å². The van der Waals surface area contributed by atoms with Crippen molar-refractivity contribution >= 4 is 16.3 Å². The van der Waals surface area contributed by atoms with Gasteiger partial charge in [-0.05, 0) is 46.0 Å². The van der Waals surface area contributed by atoms with Crippen molar-refractivity contribution in [2.45, 2.75) is 6.42 Å². The highest BCUT2D eigenvalue weighted by Crippen LogP contribution is 2.23. The number of methoxy groups -OCH3 is 1. The van der Waals surface area contributed by atoms with Gasteiger partial charge in [0, 0.05) is 0 Å². The molecule has 0 bridgehead atoms. The second-order valence-corrected chi connectivity index (χ2v) is 5.19. The van der Waals surface area contributed by atoms with Crippen molar-refractivity contribution in [2.75, 3.05) is 7.11 Å². The van der Waals surface area contributed by atoms with Gasteiger partial charge in [-0.3, -0.25) is 0 Å². The lowest BCUT2D eigenvalue weighted by Crippen LogP contribution is -1.90. The van der Waals surface area contributed by atoms with Gasteiger partial charge in [0.1, 0.15) is 5.75 Å². The number of hydrogen-bond donors (Lipinski definition) is 0. The van der Waals surface area contributed by atoms with Crippen molar-refractivity contribution in [1.82, 2.24) is 0 Å². The Morgan fingerprint density at radius 2 is 1.62 bits per heavy atom. The number of hydrogen-bond acceptors (Lipinski definition) is 1. The molecule has 0 heterocycles. The minimum absolute atomic E-state index is 0.858. The summed E-state index contributed by atoms with van der Waals surface area (Å²) < 4.78 is 5.19. The van der Waals surface area contributed by atoms with Crippen molar-refractivity contribution in [2.24, 2.45) is 0 Å². The maximum Gasteiger partial charge on any atom is 0.118 e. The summed E-state index contributed by atoms with van der Waals surface area (Å²) in [5.74, 6) is 0.872. The fraction of sp³-hybridized carbons (Fsp3) is 0.100. The van der Waals surface area contributed by atoms with Gasteiger partial charge in [0.15, 0.2) is 0 Å². The Labute approximate surface area is 125 Å². The lowest BCUT2D eigenvalue weighted by molar-refractivity contribution is 0.415. The minimum atomic E-state index is 0.858. The summed E-state index contributed by atoms with van der Waals surface area (Å²) in [6.45, 7) is 4.21. The van der Waals surface area contributed by atoms with Crippen LogP contribution in [0.5, 0.6) is 5.75 Å². The van der Waals surface area contributed by atoms with Crippen molar-refractivity contribution in [1.29, 1.82) is 0 Å². The zero-order chi connectivity index (χ0) is 14.7. The van der Waals surface area contributed by atoms with E-state index in [4.69, 9.17) is 4.74 Å². The van der Waals surface area contributed by atoms with Crippen molar-refractivity contribution in [3.8, 4) is 5.75 Å². The maximum atomic E-state index is 5.19. The molecule has 0 aliphatic rings. The van der Waals surface area contributed by atoms with Crippen LogP contribution in [0.25, 0.3) is 16.3 Å². The van der Waals surface area contributed by atoms with E-state index in [-0.39, 0.29) is 0 Å². The van der Waals surface area contributed by atoms with E-state index in [1.54, 1.807) is 7.11 Å². The summed E-state index contributed by atoms with van der Waals surface area (Å²) in [5, 5.41) is 2.55. The highest BCUT2D eigenvalue weighted by molar-refractivity contribution is 5.83. The Hall–Kier alpha value is -2.54. The van der Waals surface area contributed by atoms with Crippen molar-refractivity contribution < 1.29 is 4.74 Å². The van der Waals surface area contributed by atoms with Gasteiger partial charge in [0.05, 0.1) is 7.11 Å². The van der Waals surface area contributed by atoms with Gasteiger partial charge in [-0.25, -0.2) is 0 Å². The molecule has 3 aromatic carbocycles. The Bertz CT molecular complexity index is 769. The number of ether oxygens (including phenoxy) is 1. The first kappa shape index (κ1) is 13.4. The standard InChI is InChI=1S/C20H18O/c1-15(17-9-11-20(21-2)12-10-17)13-16-7-8-18-5-3-4-6-19(18)14-16/h3-12,14H,1,13H2,2H3. The van der Waals surface area contributed by atoms with E-state index < -0.39 is 0 Å². The SMILES string of the molecule is C=C(Cc1ccc2ccccc2c1)c1ccc(OC)cc1. The van der Waals surface area contributed by atoms with Gasteiger partial charge >= 0.3 is 0 Å². The van der Waals surface area contributed by atoms with E-state index in [0.29, 0.717) is 0 Å². The Morgan fingerprint density at radius 1 is 0.905 bits per heavy atom. The highest BCUT2D eigenvalue weighted by atomic mass is 16.5. The molecule has 0 amide bonds. The molecule has 1 nitrogen and oxygen atoms in total. The zero-order valence-electron chi connectivity index (χ0n) is 12.2. The molecule has 0 saturated carbocycles. The highest BCUT2D eigenvalue weighted by Gasteiger charge is 2.02. The molecular formula is C20H18O. The largest absolute Gasteiger partial charge is 0.497 e. The third-order valence-corrected chi connectivity index (χ3v) is 3.73. The van der Waals surface area contributed by atoms with Crippen LogP contribution in [0.4, 0.5) is 0 Å². The Morgan fingerprint density at radius 3 is 2.33 bits per heavy atom. The van der Waals surface area contributed by atoms with E-state index in [0.717, 1.165) is 23.3 Å². The summed E-state index contributed by atoms with van der Waals surface area (Å²) in [6, 6.07) is 23.1. The third kappa shape index (κ3) is 2.97. The van der Waals surface area contributed by atoms with Gasteiger partial charge in [-0.2, -0.15) is 0 Å². The Kier molecular flexibility index (Phi) is 3.74. The van der Waals surface area contributed by atoms with Gasteiger partial charge in [0.2, 0.25) is 0 Å². The first-order valence-electron chi connectivity index (χ1n) is 7.06. The van der Waals surface area contributed by atoms with Crippen LogP contribution in [-0.4, -0.2) is 7.11 Å². The van der Waals surface area contributed by atoms with E-state index in [1.807, 2.05) is 12.1 Å². The van der Waals surface area contributed by atoms with Gasteiger partial charge in [0.25, 0.3) is 0 Å². The molecule has 104 valence electrons. The molecule has 3 rings (SSSR count). The lowest BCUT2D eigenvalue weighted by Gasteiger charge is -2.08. The predicted octanol–water partition coefficient (Wildman–Crippen LogP) is 5.10. The quantitative estimate of drug-likeness (QED) is 0.643. The van der Waals surface area contributed by atoms with Crippen LogP contribution >= 0.6 is 0 Å². The molecule has 0 aliphatic heterocycles. The predicted molar refractivity (Wildman–Crippen MR) is 89.7 cm³/mol. The van der Waals surface area contributed by atoms with Crippen LogP contribution in [0.2, 0.25) is 0 Å². The summed E-state index contributed by atoms with van der Waals surface area (Å²) in [4.78, 5) is 0. The van der Waals surface area contributed by atoms with Gasteiger partial charge in [-0.1, -0.05) is 61.2 Å². The molecule has 0 spiro atoms. The van der Waals surface area contributed by atoms with E-state index >= 15 is 0 Å². The molecule has 21 heavy (non-hydrogen) atoms. The number of allylic oxidation sites excluding steroid dienone is 1. The minimum Gasteiger partial charge on any atom is -0.497 e. The van der Waals surface area contributed by atoms with Gasteiger partial charge in [-0.15, -0.1) is 0 Å². The van der Waals surface area contributed by atoms with Crippen LogP contribution in [0.15, 0.2) is 73.3 Å². The summed E-state index contributed by atoms with van der Waals surface area (Å²) in [5.41, 5.74) is 3.56. The summed E-state index contributed by atoms with van der Waals surface area (Å²) in [7, 11) is 1.68. The lowest BCUT2D eigenvalue weighted by atomic mass is 9.98. The normalized spacial score (nSPS) is 10.5. The Balaban J connectivity index is 1.81. The fourth-order valence-corrected chi connectivity index (χ4v) is 2.52. The topological polar surface area (TPSA) is 9.23 Å². The molecule has 0 fully saturated rings. The molecule has 1 heteroatoms. The molecule has 0 atom stereocenters. The zero-order valence-corrected chi connectivity index (χ0v) is 12.2. The fourth-order valence-electron chi connectivity index (χ4n) is 2.52. The molecule has 0 radical (unpaired) electrons. The first-order valence-corrected chi connectivity index (χ1v) is 7.06. The smallest absolute Gasteiger partial charge is 0.118 e. The van der Waals surface area contributed by atoms with Crippen LogP contribution in [-0.2, 0) is 6.42 Å². The third-order valence-electron chi connectivity index (χ3n) is 3.73. The first-order chi connectivity index (χ1) is 10.3. The van der Waals surface area contributed by atoms with Crippen molar-refractivity contribution in [3.63, 3.8) is 0 Å². The number of rotatable bonds is 4. The average molecular weight is 274 g/mol. The molecular weight excluding hydrogens is 256 g/mol. The molecule has 3 aromatic rings. The second-order valence-electron chi connectivity index (χ2n) is 5.19. The number of fused-ring (bicyclic) bond motifs is 1. The molecule has 0 unspecified atom stereocenters. The van der Waals surface area contributed by atoms with Crippen LogP contribution in [0, 0.1) is 0 Å².